The summed E-state index contributed by atoms with van der Waals surface area (Å²) in [5.41, 5.74) is 0.742. The van der Waals surface area contributed by atoms with Crippen molar-refractivity contribution in [2.75, 3.05) is 13.2 Å². The van der Waals surface area contributed by atoms with E-state index in [0.717, 1.165) is 0 Å². The Kier molecular flexibility index (Phi) is 1.33. The van der Waals surface area contributed by atoms with Crippen LogP contribution in [0.2, 0.25) is 0 Å². The molecule has 6 heteroatoms. The zero-order valence-electron chi connectivity index (χ0n) is 7.10. The van der Waals surface area contributed by atoms with Crippen molar-refractivity contribution in [3.63, 3.8) is 0 Å². The van der Waals surface area contributed by atoms with Crippen LogP contribution in [0.5, 0.6) is 11.5 Å². The van der Waals surface area contributed by atoms with Crippen LogP contribution < -0.4 is 14.4 Å². The molecule has 0 bridgehead atoms. The van der Waals surface area contributed by atoms with Gasteiger partial charge >= 0.3 is 0 Å². The Bertz CT molecular complexity index is 493. The Morgan fingerprint density at radius 3 is 3.07 bits per heavy atom. The second-order valence-corrected chi connectivity index (χ2v) is 2.89. The van der Waals surface area contributed by atoms with Crippen LogP contribution in [-0.4, -0.2) is 18.4 Å². The normalized spacial score (nSPS) is 14.6. The molecule has 72 valence electrons. The first-order valence-corrected chi connectivity index (χ1v) is 4.14. The lowest BCUT2D eigenvalue weighted by molar-refractivity contribution is -0.782. The summed E-state index contributed by atoms with van der Waals surface area (Å²) in [5.74, 6) is 0.960. The predicted molar refractivity (Wildman–Crippen MR) is 44.0 cm³/mol. The number of fused-ring (bicyclic) bond motifs is 3. The van der Waals surface area contributed by atoms with Crippen LogP contribution in [0.25, 0.3) is 11.0 Å². The molecule has 1 aromatic carbocycles. The van der Waals surface area contributed by atoms with E-state index in [4.69, 9.17) is 9.47 Å². The summed E-state index contributed by atoms with van der Waals surface area (Å²) in [4.78, 5) is 0.322. The molecule has 2 heterocycles. The number of hydrogen-bond acceptors (Lipinski definition) is 5. The van der Waals surface area contributed by atoms with Gasteiger partial charge in [-0.05, 0) is 11.0 Å². The topological polar surface area (TPSA) is 71.4 Å². The fourth-order valence-electron chi connectivity index (χ4n) is 1.46. The SMILES string of the molecule is [O-][n+]1onc2ccc3c(c21)OCCO3. The third-order valence-electron chi connectivity index (χ3n) is 2.06. The van der Waals surface area contributed by atoms with Crippen LogP contribution in [0.1, 0.15) is 0 Å². The first-order chi connectivity index (χ1) is 6.86. The van der Waals surface area contributed by atoms with Gasteiger partial charge in [0.05, 0.1) is 0 Å². The summed E-state index contributed by atoms with van der Waals surface area (Å²) in [6, 6.07) is 3.36. The first kappa shape index (κ1) is 7.43. The molecular weight excluding hydrogens is 188 g/mol. The van der Waals surface area contributed by atoms with E-state index in [1.807, 2.05) is 0 Å². The Morgan fingerprint density at radius 1 is 1.29 bits per heavy atom. The molecule has 0 fully saturated rings. The van der Waals surface area contributed by atoms with E-state index in [1.54, 1.807) is 12.1 Å². The average Bonchev–Trinajstić information content (AvgIpc) is 2.61. The van der Waals surface area contributed by atoms with Gasteiger partial charge in [0.1, 0.15) is 13.2 Å². The molecule has 0 unspecified atom stereocenters. The van der Waals surface area contributed by atoms with E-state index in [-0.39, 0.29) is 5.52 Å². The van der Waals surface area contributed by atoms with Gasteiger partial charge < -0.3 is 14.7 Å². The largest absolute Gasteiger partial charge is 0.486 e. The molecule has 0 saturated heterocycles. The summed E-state index contributed by atoms with van der Waals surface area (Å²) >= 11 is 0. The van der Waals surface area contributed by atoms with Crippen molar-refractivity contribution in [3.05, 3.63) is 17.3 Å². The highest BCUT2D eigenvalue weighted by Crippen LogP contribution is 2.34. The third kappa shape index (κ3) is 0.847. The molecule has 3 rings (SSSR count). The van der Waals surface area contributed by atoms with Crippen molar-refractivity contribution in [2.45, 2.75) is 0 Å². The average molecular weight is 194 g/mol. The smallest absolute Gasteiger partial charge is 0.271 e. The Morgan fingerprint density at radius 2 is 2.14 bits per heavy atom. The van der Waals surface area contributed by atoms with Gasteiger partial charge in [0, 0.05) is 11.2 Å². The standard InChI is InChI=1S/C8H6N2O4/c11-10-7-5(9-14-10)1-2-6-8(7)13-4-3-12-6/h1-2H,3-4H2. The van der Waals surface area contributed by atoms with Gasteiger partial charge in [-0.3, -0.25) is 4.63 Å². The van der Waals surface area contributed by atoms with Gasteiger partial charge in [0.2, 0.25) is 5.75 Å². The van der Waals surface area contributed by atoms with Gasteiger partial charge in [-0.1, -0.05) is 0 Å². The number of ether oxygens (including phenoxy) is 2. The Hall–Kier alpha value is -1.98. The summed E-state index contributed by atoms with van der Waals surface area (Å²) in [7, 11) is 0. The molecule has 14 heavy (non-hydrogen) atoms. The maximum absolute atomic E-state index is 11.2. The van der Waals surface area contributed by atoms with E-state index >= 15 is 0 Å². The fourth-order valence-corrected chi connectivity index (χ4v) is 1.46. The molecule has 0 spiro atoms. The molecule has 0 N–H and O–H groups in total. The molecule has 0 atom stereocenters. The molecule has 2 aromatic rings. The minimum Gasteiger partial charge on any atom is -0.486 e. The molecule has 0 saturated carbocycles. The van der Waals surface area contributed by atoms with Crippen molar-refractivity contribution >= 4 is 11.0 Å². The third-order valence-corrected chi connectivity index (χ3v) is 2.06. The van der Waals surface area contributed by atoms with Crippen LogP contribution in [0, 0.1) is 5.21 Å². The Labute approximate surface area is 78.2 Å². The van der Waals surface area contributed by atoms with Crippen molar-refractivity contribution < 1.29 is 19.0 Å². The summed E-state index contributed by atoms with van der Waals surface area (Å²) in [6.07, 6.45) is 0. The van der Waals surface area contributed by atoms with Gasteiger partial charge in [-0.25, -0.2) is 0 Å². The van der Waals surface area contributed by atoms with E-state index in [1.165, 1.54) is 0 Å². The molecule has 1 aliphatic heterocycles. The molecule has 1 aromatic heterocycles. The summed E-state index contributed by atoms with van der Waals surface area (Å²) in [6.45, 7) is 0.917. The second kappa shape index (κ2) is 2.50. The quantitative estimate of drug-likeness (QED) is 0.561. The number of aromatic nitrogens is 2. The van der Waals surface area contributed by atoms with Crippen molar-refractivity contribution in [1.82, 2.24) is 5.16 Å². The highest BCUT2D eigenvalue weighted by molar-refractivity contribution is 5.80. The van der Waals surface area contributed by atoms with E-state index < -0.39 is 0 Å². The molecular formula is C8H6N2O4. The maximum atomic E-state index is 11.2. The van der Waals surface area contributed by atoms with Crippen LogP contribution >= 0.6 is 0 Å². The lowest BCUT2D eigenvalue weighted by Gasteiger charge is -2.16. The lowest BCUT2D eigenvalue weighted by atomic mass is 10.2. The number of nitrogens with zero attached hydrogens (tertiary/aromatic N) is 2. The first-order valence-electron chi connectivity index (χ1n) is 4.14. The van der Waals surface area contributed by atoms with Crippen LogP contribution in [0.4, 0.5) is 0 Å². The highest BCUT2D eigenvalue weighted by Gasteiger charge is 2.23. The van der Waals surface area contributed by atoms with Crippen molar-refractivity contribution in [2.24, 2.45) is 0 Å². The van der Waals surface area contributed by atoms with Gasteiger partial charge in [0.15, 0.2) is 5.75 Å². The molecule has 0 amide bonds. The summed E-state index contributed by atoms with van der Waals surface area (Å²) in [5, 5.41) is 14.8. The van der Waals surface area contributed by atoms with Crippen molar-refractivity contribution in [3.8, 4) is 11.5 Å². The number of hydrogen-bond donors (Lipinski definition) is 0. The monoisotopic (exact) mass is 194 g/mol. The zero-order chi connectivity index (χ0) is 9.54. The molecule has 1 aliphatic rings. The Balaban J connectivity index is 2.38. The van der Waals surface area contributed by atoms with E-state index in [2.05, 4.69) is 9.79 Å². The predicted octanol–water partition coefficient (Wildman–Crippen LogP) is 0.232. The lowest BCUT2D eigenvalue weighted by Crippen LogP contribution is -2.25. The molecule has 0 aliphatic carbocycles. The van der Waals surface area contributed by atoms with Gasteiger partial charge in [-0.2, -0.15) is 0 Å². The number of benzene rings is 1. The fraction of sp³-hybridized carbons (Fsp3) is 0.250. The van der Waals surface area contributed by atoms with Gasteiger partial charge in [0.25, 0.3) is 11.0 Å². The zero-order valence-corrected chi connectivity index (χ0v) is 7.10. The number of rotatable bonds is 0. The minimum absolute atomic E-state index is 0.280. The van der Waals surface area contributed by atoms with E-state index in [0.29, 0.717) is 35.1 Å². The second-order valence-electron chi connectivity index (χ2n) is 2.89. The maximum Gasteiger partial charge on any atom is 0.271 e. The molecule has 0 radical (unpaired) electrons. The minimum atomic E-state index is 0.280. The highest BCUT2D eigenvalue weighted by atomic mass is 16.8. The molecule has 6 nitrogen and oxygen atoms in total. The summed E-state index contributed by atoms with van der Waals surface area (Å²) < 4.78 is 15.1. The van der Waals surface area contributed by atoms with Gasteiger partial charge in [-0.15, -0.1) is 0 Å². The van der Waals surface area contributed by atoms with E-state index in [9.17, 15) is 5.21 Å². The van der Waals surface area contributed by atoms with Crippen LogP contribution in [-0.2, 0) is 0 Å². The van der Waals surface area contributed by atoms with Crippen LogP contribution in [0.15, 0.2) is 16.8 Å². The van der Waals surface area contributed by atoms with Crippen molar-refractivity contribution in [1.29, 1.82) is 0 Å². The van der Waals surface area contributed by atoms with Crippen LogP contribution in [0.3, 0.4) is 0 Å².